The van der Waals surface area contributed by atoms with Crippen molar-refractivity contribution in [1.82, 2.24) is 25.7 Å². The van der Waals surface area contributed by atoms with Crippen LogP contribution in [0, 0.1) is 6.92 Å². The minimum Gasteiger partial charge on any atom is -0.345 e. The molecule has 7 heteroatoms. The van der Waals surface area contributed by atoms with Gasteiger partial charge in [0, 0.05) is 18.7 Å². The Hall–Kier alpha value is -2.96. The van der Waals surface area contributed by atoms with Gasteiger partial charge in [-0.1, -0.05) is 17.3 Å². The Kier molecular flexibility index (Phi) is 3.18. The van der Waals surface area contributed by atoms with Crippen LogP contribution in [0.1, 0.15) is 39.8 Å². The van der Waals surface area contributed by atoms with Crippen LogP contribution >= 0.6 is 0 Å². The van der Waals surface area contributed by atoms with E-state index in [1.807, 2.05) is 12.1 Å². The minimum absolute atomic E-state index is 0.0217. The van der Waals surface area contributed by atoms with E-state index in [0.717, 1.165) is 24.0 Å². The number of nitrogens with one attached hydrogen (secondary N) is 2. The van der Waals surface area contributed by atoms with E-state index in [4.69, 9.17) is 4.52 Å². The highest BCUT2D eigenvalue weighted by atomic mass is 16.5. The second-order valence-corrected chi connectivity index (χ2v) is 5.60. The quantitative estimate of drug-likeness (QED) is 0.773. The summed E-state index contributed by atoms with van der Waals surface area (Å²) in [4.78, 5) is 16.4. The lowest BCUT2D eigenvalue weighted by Gasteiger charge is -2.13. The summed E-state index contributed by atoms with van der Waals surface area (Å²) < 4.78 is 5.03. The predicted octanol–water partition coefficient (Wildman–Crippen LogP) is 2.19. The number of carbonyl (C=O) groups is 1. The van der Waals surface area contributed by atoms with Crippen molar-refractivity contribution in [3.63, 3.8) is 0 Å². The van der Waals surface area contributed by atoms with Crippen LogP contribution in [0.15, 0.2) is 35.1 Å². The molecule has 116 valence electrons. The van der Waals surface area contributed by atoms with Crippen molar-refractivity contribution < 1.29 is 9.32 Å². The summed E-state index contributed by atoms with van der Waals surface area (Å²) in [7, 11) is 0. The maximum Gasteiger partial charge on any atom is 0.254 e. The van der Waals surface area contributed by atoms with E-state index in [2.05, 4.69) is 31.7 Å². The SMILES string of the molecule is Cc1nc(-c2ccc3c(c2)CC[C@H]3NC(=O)c2cn[nH]c2)no1. The number of nitrogens with zero attached hydrogens (tertiary/aromatic N) is 3. The number of aryl methyl sites for hydroxylation is 2. The van der Waals surface area contributed by atoms with Crippen LogP contribution in [-0.2, 0) is 6.42 Å². The summed E-state index contributed by atoms with van der Waals surface area (Å²) in [5.74, 6) is 1.02. The third-order valence-corrected chi connectivity index (χ3v) is 4.07. The molecule has 0 fully saturated rings. The Morgan fingerprint density at radius 1 is 1.43 bits per heavy atom. The summed E-state index contributed by atoms with van der Waals surface area (Å²) in [6, 6.07) is 6.09. The van der Waals surface area contributed by atoms with Crippen LogP contribution < -0.4 is 5.32 Å². The van der Waals surface area contributed by atoms with Crippen LogP contribution in [0.5, 0.6) is 0 Å². The first-order valence-corrected chi connectivity index (χ1v) is 7.44. The van der Waals surface area contributed by atoms with Crippen molar-refractivity contribution in [1.29, 1.82) is 0 Å². The Balaban J connectivity index is 1.56. The molecule has 0 spiro atoms. The molecule has 0 saturated carbocycles. The fourth-order valence-electron chi connectivity index (χ4n) is 2.94. The molecule has 0 aliphatic heterocycles. The normalized spacial score (nSPS) is 16.3. The highest BCUT2D eigenvalue weighted by molar-refractivity contribution is 5.94. The molecular formula is C16H15N5O2. The Labute approximate surface area is 132 Å². The van der Waals surface area contributed by atoms with Crippen LogP contribution in [0.4, 0.5) is 0 Å². The Bertz CT molecular complexity index is 853. The van der Waals surface area contributed by atoms with Crippen LogP contribution in [0.25, 0.3) is 11.4 Å². The molecule has 0 unspecified atom stereocenters. The molecule has 0 saturated heterocycles. The zero-order chi connectivity index (χ0) is 15.8. The number of aromatic nitrogens is 4. The van der Waals surface area contributed by atoms with Crippen molar-refractivity contribution in [2.45, 2.75) is 25.8 Å². The van der Waals surface area contributed by atoms with Crippen molar-refractivity contribution in [2.75, 3.05) is 0 Å². The number of hydrogen-bond acceptors (Lipinski definition) is 5. The van der Waals surface area contributed by atoms with E-state index < -0.39 is 0 Å². The monoisotopic (exact) mass is 309 g/mol. The first kappa shape index (κ1) is 13.7. The predicted molar refractivity (Wildman–Crippen MR) is 81.6 cm³/mol. The van der Waals surface area contributed by atoms with Gasteiger partial charge in [0.25, 0.3) is 5.91 Å². The lowest BCUT2D eigenvalue weighted by atomic mass is 10.0. The van der Waals surface area contributed by atoms with Gasteiger partial charge >= 0.3 is 0 Å². The molecule has 1 aliphatic rings. The first-order valence-electron chi connectivity index (χ1n) is 7.44. The lowest BCUT2D eigenvalue weighted by molar-refractivity contribution is 0.0937. The van der Waals surface area contributed by atoms with Gasteiger partial charge in [-0.15, -0.1) is 0 Å². The number of aromatic amines is 1. The summed E-state index contributed by atoms with van der Waals surface area (Å²) in [5, 5.41) is 13.4. The van der Waals surface area contributed by atoms with Gasteiger partial charge in [0.2, 0.25) is 11.7 Å². The van der Waals surface area contributed by atoms with Crippen molar-refractivity contribution >= 4 is 5.91 Å². The Morgan fingerprint density at radius 3 is 3.09 bits per heavy atom. The summed E-state index contributed by atoms with van der Waals surface area (Å²) in [6.07, 6.45) is 4.91. The maximum absolute atomic E-state index is 12.2. The summed E-state index contributed by atoms with van der Waals surface area (Å²) in [5.41, 5.74) is 3.83. The number of H-pyrrole nitrogens is 1. The minimum atomic E-state index is -0.116. The largest absolute Gasteiger partial charge is 0.345 e. The van der Waals surface area contributed by atoms with E-state index in [9.17, 15) is 4.79 Å². The van der Waals surface area contributed by atoms with E-state index >= 15 is 0 Å². The molecule has 23 heavy (non-hydrogen) atoms. The number of amides is 1. The van der Waals surface area contributed by atoms with Gasteiger partial charge in [0.05, 0.1) is 17.8 Å². The van der Waals surface area contributed by atoms with Gasteiger partial charge in [-0.25, -0.2) is 0 Å². The van der Waals surface area contributed by atoms with Gasteiger partial charge in [-0.2, -0.15) is 10.1 Å². The standard InChI is InChI=1S/C16H15N5O2/c1-9-19-15(21-23-9)11-2-4-13-10(6-11)3-5-14(13)20-16(22)12-7-17-18-8-12/h2,4,6-8,14H,3,5H2,1H3,(H,17,18)(H,20,22)/t14-/m1/s1. The van der Waals surface area contributed by atoms with Crippen LogP contribution in [0.2, 0.25) is 0 Å². The van der Waals surface area contributed by atoms with Gasteiger partial charge < -0.3 is 9.84 Å². The average Bonchev–Trinajstić information content (AvgIpc) is 3.27. The second-order valence-electron chi connectivity index (χ2n) is 5.60. The molecule has 4 rings (SSSR count). The van der Waals surface area contributed by atoms with Crippen molar-refractivity contribution in [3.05, 3.63) is 53.2 Å². The molecule has 0 bridgehead atoms. The zero-order valence-electron chi connectivity index (χ0n) is 12.5. The van der Waals surface area contributed by atoms with E-state index in [0.29, 0.717) is 17.3 Å². The third kappa shape index (κ3) is 2.50. The smallest absolute Gasteiger partial charge is 0.254 e. The van der Waals surface area contributed by atoms with Crippen LogP contribution in [-0.4, -0.2) is 26.2 Å². The molecule has 2 aromatic heterocycles. The van der Waals surface area contributed by atoms with Gasteiger partial charge in [0.15, 0.2) is 0 Å². The van der Waals surface area contributed by atoms with Crippen molar-refractivity contribution in [2.24, 2.45) is 0 Å². The number of rotatable bonds is 3. The number of fused-ring (bicyclic) bond motifs is 1. The fourth-order valence-corrected chi connectivity index (χ4v) is 2.94. The summed E-state index contributed by atoms with van der Waals surface area (Å²) >= 11 is 0. The first-order chi connectivity index (χ1) is 11.2. The van der Waals surface area contributed by atoms with Gasteiger partial charge in [-0.05, 0) is 30.0 Å². The number of benzene rings is 1. The summed E-state index contributed by atoms with van der Waals surface area (Å²) in [6.45, 7) is 1.77. The highest BCUT2D eigenvalue weighted by Gasteiger charge is 2.25. The molecule has 7 nitrogen and oxygen atoms in total. The van der Waals surface area contributed by atoms with E-state index in [-0.39, 0.29) is 11.9 Å². The molecule has 1 aromatic carbocycles. The average molecular weight is 309 g/mol. The topological polar surface area (TPSA) is 96.7 Å². The Morgan fingerprint density at radius 2 is 2.35 bits per heavy atom. The number of carbonyl (C=O) groups excluding carboxylic acids is 1. The highest BCUT2D eigenvalue weighted by Crippen LogP contribution is 2.33. The maximum atomic E-state index is 12.2. The molecule has 2 heterocycles. The molecule has 2 N–H and O–H groups in total. The van der Waals surface area contributed by atoms with Crippen molar-refractivity contribution in [3.8, 4) is 11.4 Å². The lowest BCUT2D eigenvalue weighted by Crippen LogP contribution is -2.26. The molecule has 3 aromatic rings. The molecule has 1 aliphatic carbocycles. The zero-order valence-corrected chi connectivity index (χ0v) is 12.5. The van der Waals surface area contributed by atoms with Crippen LogP contribution in [0.3, 0.4) is 0 Å². The van der Waals surface area contributed by atoms with E-state index in [1.54, 1.807) is 13.1 Å². The molecule has 1 amide bonds. The molecule has 1 atom stereocenters. The second kappa shape index (κ2) is 5.35. The number of hydrogen-bond donors (Lipinski definition) is 2. The molecular weight excluding hydrogens is 294 g/mol. The van der Waals surface area contributed by atoms with E-state index in [1.165, 1.54) is 11.8 Å². The fraction of sp³-hybridized carbons (Fsp3) is 0.250. The van der Waals surface area contributed by atoms with Gasteiger partial charge in [0.1, 0.15) is 0 Å². The molecule has 0 radical (unpaired) electrons. The third-order valence-electron chi connectivity index (χ3n) is 4.07. The van der Waals surface area contributed by atoms with Gasteiger partial charge in [-0.3, -0.25) is 9.89 Å².